The first-order chi connectivity index (χ1) is 14.0. The number of benzene rings is 2. The standard InChI is InChI=1S/C20H15ClN2O5S/c1-27-17-9-12(4-7-16(17)28-20(26)18-3-2-8-29-18)11-22-23-13-5-6-15(21)14(10-13)19(24)25/h2-10H,11H2,1H3,(H,24,25). The number of azo groups is 1. The van der Waals surface area contributed by atoms with E-state index in [1.165, 1.54) is 30.6 Å². The second kappa shape index (κ2) is 9.31. The summed E-state index contributed by atoms with van der Waals surface area (Å²) in [5.41, 5.74) is 1.11. The fourth-order valence-electron chi connectivity index (χ4n) is 2.38. The Morgan fingerprint density at radius 3 is 2.66 bits per heavy atom. The SMILES string of the molecule is COc1cc(CN=Nc2ccc(Cl)c(C(=O)O)c2)ccc1OC(=O)c1cccs1. The van der Waals surface area contributed by atoms with E-state index in [-0.39, 0.29) is 17.1 Å². The number of halogens is 1. The first kappa shape index (κ1) is 20.5. The van der Waals surface area contributed by atoms with Crippen molar-refractivity contribution in [2.45, 2.75) is 6.54 Å². The summed E-state index contributed by atoms with van der Waals surface area (Å²) in [6.45, 7) is 0.223. The highest BCUT2D eigenvalue weighted by Crippen LogP contribution is 2.30. The van der Waals surface area contributed by atoms with E-state index < -0.39 is 11.9 Å². The van der Waals surface area contributed by atoms with Crippen molar-refractivity contribution in [3.05, 3.63) is 74.9 Å². The van der Waals surface area contributed by atoms with Crippen LogP contribution in [0, 0.1) is 0 Å². The molecule has 2 aromatic carbocycles. The lowest BCUT2D eigenvalue weighted by Gasteiger charge is -2.09. The third kappa shape index (κ3) is 5.18. The Labute approximate surface area is 175 Å². The Bertz CT molecular complexity index is 1070. The molecule has 29 heavy (non-hydrogen) atoms. The number of aromatic carboxylic acids is 1. The van der Waals surface area contributed by atoms with Crippen molar-refractivity contribution in [3.63, 3.8) is 0 Å². The number of methoxy groups -OCH3 is 1. The van der Waals surface area contributed by atoms with Crippen molar-refractivity contribution in [3.8, 4) is 11.5 Å². The summed E-state index contributed by atoms with van der Waals surface area (Å²) < 4.78 is 10.7. The van der Waals surface area contributed by atoms with Crippen molar-refractivity contribution in [2.24, 2.45) is 10.2 Å². The lowest BCUT2D eigenvalue weighted by atomic mass is 10.2. The second-order valence-corrected chi connectivity index (χ2v) is 7.08. The first-order valence-electron chi connectivity index (χ1n) is 8.31. The van der Waals surface area contributed by atoms with Gasteiger partial charge in [-0.3, -0.25) is 0 Å². The molecule has 1 N–H and O–H groups in total. The minimum absolute atomic E-state index is 0.0401. The average Bonchev–Trinajstić information content (AvgIpc) is 3.25. The molecule has 0 fully saturated rings. The smallest absolute Gasteiger partial charge is 0.353 e. The summed E-state index contributed by atoms with van der Waals surface area (Å²) in [4.78, 5) is 23.7. The Balaban J connectivity index is 1.70. The molecule has 3 aromatic rings. The van der Waals surface area contributed by atoms with E-state index in [1.54, 1.807) is 41.8 Å². The third-order valence-electron chi connectivity index (χ3n) is 3.77. The molecule has 1 aromatic heterocycles. The zero-order valence-corrected chi connectivity index (χ0v) is 16.7. The number of carboxylic acid groups (broad SMARTS) is 1. The first-order valence-corrected chi connectivity index (χ1v) is 9.56. The molecule has 0 aliphatic rings. The van der Waals surface area contributed by atoms with Gasteiger partial charge in [0.15, 0.2) is 11.5 Å². The molecule has 0 amide bonds. The molecular formula is C20H15ClN2O5S. The largest absolute Gasteiger partial charge is 0.493 e. The molecule has 7 nitrogen and oxygen atoms in total. The number of carboxylic acids is 1. The van der Waals surface area contributed by atoms with Crippen LogP contribution in [0.3, 0.4) is 0 Å². The maximum absolute atomic E-state index is 12.1. The molecule has 0 aliphatic carbocycles. The van der Waals surface area contributed by atoms with Crippen LogP contribution in [0.1, 0.15) is 25.6 Å². The van der Waals surface area contributed by atoms with Crippen LogP contribution in [0.4, 0.5) is 5.69 Å². The van der Waals surface area contributed by atoms with Gasteiger partial charge in [0, 0.05) is 0 Å². The summed E-state index contributed by atoms with van der Waals surface area (Å²) in [6.07, 6.45) is 0. The van der Waals surface area contributed by atoms with Crippen LogP contribution < -0.4 is 9.47 Å². The Morgan fingerprint density at radius 1 is 1.14 bits per heavy atom. The predicted molar refractivity (Wildman–Crippen MR) is 109 cm³/mol. The third-order valence-corrected chi connectivity index (χ3v) is 4.95. The number of rotatable bonds is 7. The molecule has 3 rings (SSSR count). The summed E-state index contributed by atoms with van der Waals surface area (Å²) in [6, 6.07) is 12.9. The van der Waals surface area contributed by atoms with E-state index >= 15 is 0 Å². The van der Waals surface area contributed by atoms with E-state index in [1.807, 2.05) is 0 Å². The van der Waals surface area contributed by atoms with Crippen LogP contribution >= 0.6 is 22.9 Å². The lowest BCUT2D eigenvalue weighted by Crippen LogP contribution is -2.07. The fraction of sp³-hybridized carbons (Fsp3) is 0.100. The summed E-state index contributed by atoms with van der Waals surface area (Å²) >= 11 is 7.13. The van der Waals surface area contributed by atoms with Gasteiger partial charge in [0.25, 0.3) is 0 Å². The Morgan fingerprint density at radius 2 is 1.97 bits per heavy atom. The Kier molecular flexibility index (Phi) is 6.58. The van der Waals surface area contributed by atoms with Crippen LogP contribution in [0.5, 0.6) is 11.5 Å². The molecule has 0 saturated heterocycles. The molecule has 0 saturated carbocycles. The highest BCUT2D eigenvalue weighted by Gasteiger charge is 2.14. The second-order valence-electron chi connectivity index (χ2n) is 5.72. The van der Waals surface area contributed by atoms with E-state index in [0.29, 0.717) is 22.1 Å². The van der Waals surface area contributed by atoms with Crippen LogP contribution in [0.15, 0.2) is 64.1 Å². The van der Waals surface area contributed by atoms with Gasteiger partial charge >= 0.3 is 11.9 Å². The minimum Gasteiger partial charge on any atom is -0.493 e. The molecule has 1 heterocycles. The number of hydrogen-bond acceptors (Lipinski definition) is 7. The highest BCUT2D eigenvalue weighted by molar-refractivity contribution is 7.12. The van der Waals surface area contributed by atoms with Crippen LogP contribution in [0.25, 0.3) is 0 Å². The predicted octanol–water partition coefficient (Wildman–Crippen LogP) is 5.61. The van der Waals surface area contributed by atoms with Crippen molar-refractivity contribution in [1.82, 2.24) is 0 Å². The monoisotopic (exact) mass is 430 g/mol. The van der Waals surface area contributed by atoms with E-state index in [4.69, 9.17) is 26.2 Å². The van der Waals surface area contributed by atoms with Gasteiger partial charge in [-0.2, -0.15) is 10.2 Å². The van der Waals surface area contributed by atoms with Gasteiger partial charge in [0.05, 0.1) is 29.9 Å². The number of hydrogen-bond donors (Lipinski definition) is 1. The zero-order chi connectivity index (χ0) is 20.8. The number of ether oxygens (including phenoxy) is 2. The maximum atomic E-state index is 12.1. The van der Waals surface area contributed by atoms with Gasteiger partial charge in [0.2, 0.25) is 0 Å². The van der Waals surface area contributed by atoms with Gasteiger partial charge in [0.1, 0.15) is 4.88 Å². The van der Waals surface area contributed by atoms with E-state index in [2.05, 4.69) is 10.2 Å². The number of thiophene rings is 1. The normalized spacial score (nSPS) is 10.8. The number of nitrogens with zero attached hydrogens (tertiary/aromatic N) is 2. The molecule has 0 atom stereocenters. The molecular weight excluding hydrogens is 416 g/mol. The van der Waals surface area contributed by atoms with Gasteiger partial charge in [-0.05, 0) is 47.3 Å². The zero-order valence-electron chi connectivity index (χ0n) is 15.2. The topological polar surface area (TPSA) is 97.6 Å². The van der Waals surface area contributed by atoms with Crippen molar-refractivity contribution < 1.29 is 24.2 Å². The molecule has 0 unspecified atom stereocenters. The molecule has 9 heteroatoms. The molecule has 0 bridgehead atoms. The van der Waals surface area contributed by atoms with Crippen molar-refractivity contribution in [1.29, 1.82) is 0 Å². The summed E-state index contributed by atoms with van der Waals surface area (Å²) in [5.74, 6) is -0.898. The van der Waals surface area contributed by atoms with Gasteiger partial charge < -0.3 is 14.6 Å². The lowest BCUT2D eigenvalue weighted by molar-refractivity contribution is 0.0694. The van der Waals surface area contributed by atoms with Crippen LogP contribution in [0.2, 0.25) is 5.02 Å². The van der Waals surface area contributed by atoms with E-state index in [0.717, 1.165) is 5.56 Å². The fourth-order valence-corrected chi connectivity index (χ4v) is 3.17. The van der Waals surface area contributed by atoms with Gasteiger partial charge in [-0.25, -0.2) is 9.59 Å². The Hall–Kier alpha value is -3.23. The van der Waals surface area contributed by atoms with Gasteiger partial charge in [-0.15, -0.1) is 11.3 Å². The van der Waals surface area contributed by atoms with Crippen LogP contribution in [-0.4, -0.2) is 24.2 Å². The molecule has 0 radical (unpaired) electrons. The number of carbonyl (C=O) groups excluding carboxylic acids is 1. The van der Waals surface area contributed by atoms with E-state index in [9.17, 15) is 9.59 Å². The maximum Gasteiger partial charge on any atom is 0.353 e. The number of carbonyl (C=O) groups is 2. The molecule has 0 spiro atoms. The van der Waals surface area contributed by atoms with Crippen molar-refractivity contribution >= 4 is 40.6 Å². The number of esters is 1. The molecule has 0 aliphatic heterocycles. The van der Waals surface area contributed by atoms with Crippen LogP contribution in [-0.2, 0) is 6.54 Å². The molecule has 148 valence electrons. The average molecular weight is 431 g/mol. The minimum atomic E-state index is -1.13. The highest BCUT2D eigenvalue weighted by atomic mass is 35.5. The summed E-state index contributed by atoms with van der Waals surface area (Å²) in [5, 5.41) is 19.1. The summed E-state index contributed by atoms with van der Waals surface area (Å²) in [7, 11) is 1.48. The van der Waals surface area contributed by atoms with Crippen molar-refractivity contribution in [2.75, 3.05) is 7.11 Å². The quantitative estimate of drug-likeness (QED) is 0.298. The van der Waals surface area contributed by atoms with Gasteiger partial charge in [-0.1, -0.05) is 23.7 Å².